The fourth-order valence-electron chi connectivity index (χ4n) is 4.74. The van der Waals surface area contributed by atoms with Gasteiger partial charge in [-0.15, -0.1) is 0 Å². The van der Waals surface area contributed by atoms with Gasteiger partial charge in [0.1, 0.15) is 0 Å². The maximum atomic E-state index is 12.5. The summed E-state index contributed by atoms with van der Waals surface area (Å²) in [5, 5.41) is 6.30. The summed E-state index contributed by atoms with van der Waals surface area (Å²) in [5.74, 6) is 0.0456. The van der Waals surface area contributed by atoms with Crippen molar-refractivity contribution in [1.29, 1.82) is 0 Å². The van der Waals surface area contributed by atoms with Gasteiger partial charge in [0.2, 0.25) is 5.91 Å². The van der Waals surface area contributed by atoms with E-state index in [1.54, 1.807) is 6.92 Å². The van der Waals surface area contributed by atoms with Crippen molar-refractivity contribution < 1.29 is 9.59 Å². The standard InChI is InChI=1S/C14H22N4O2/c1-10(19)16-9-13-6-14(7-13,8-13)18-5-11-4-15-2-3-17(11)12(18)20/h11,15H,2-9H2,1H3,(H,16,19). The lowest BCUT2D eigenvalue weighted by Gasteiger charge is -2.73. The Bertz CT molecular complexity index is 458. The van der Waals surface area contributed by atoms with Crippen LogP contribution in [0.3, 0.4) is 0 Å². The summed E-state index contributed by atoms with van der Waals surface area (Å²) < 4.78 is 0. The average molecular weight is 278 g/mol. The molecule has 0 aromatic carbocycles. The van der Waals surface area contributed by atoms with Crippen LogP contribution < -0.4 is 10.6 Å². The monoisotopic (exact) mass is 278 g/mol. The van der Waals surface area contributed by atoms with Gasteiger partial charge in [0.25, 0.3) is 0 Å². The van der Waals surface area contributed by atoms with Crippen LogP contribution in [-0.2, 0) is 4.79 Å². The lowest BCUT2D eigenvalue weighted by atomic mass is 9.38. The van der Waals surface area contributed by atoms with E-state index in [9.17, 15) is 9.59 Å². The highest BCUT2D eigenvalue weighted by atomic mass is 16.2. The molecule has 1 unspecified atom stereocenters. The van der Waals surface area contributed by atoms with Crippen LogP contribution in [0.25, 0.3) is 0 Å². The molecule has 2 heterocycles. The zero-order valence-corrected chi connectivity index (χ0v) is 11.9. The molecule has 0 radical (unpaired) electrons. The van der Waals surface area contributed by atoms with Crippen molar-refractivity contribution in [2.45, 2.75) is 37.8 Å². The molecule has 2 N–H and O–H groups in total. The number of fused-ring (bicyclic) bond motifs is 1. The van der Waals surface area contributed by atoms with E-state index >= 15 is 0 Å². The molecule has 0 aromatic heterocycles. The third-order valence-electron chi connectivity index (χ3n) is 5.62. The molecule has 6 heteroatoms. The second-order valence-electron chi connectivity index (χ2n) is 7.11. The molecule has 1 atom stereocenters. The third kappa shape index (κ3) is 1.54. The minimum atomic E-state index is 0.0456. The largest absolute Gasteiger partial charge is 0.356 e. The van der Waals surface area contributed by atoms with Crippen molar-refractivity contribution in [3.63, 3.8) is 0 Å². The Morgan fingerprint density at radius 2 is 2.20 bits per heavy atom. The summed E-state index contributed by atoms with van der Waals surface area (Å²) in [6.45, 7) is 5.90. The zero-order chi connectivity index (χ0) is 14.0. The van der Waals surface area contributed by atoms with E-state index in [2.05, 4.69) is 15.5 Å². The van der Waals surface area contributed by atoms with E-state index in [4.69, 9.17) is 0 Å². The summed E-state index contributed by atoms with van der Waals surface area (Å²) in [7, 11) is 0. The Labute approximate surface area is 118 Å². The SMILES string of the molecule is CC(=O)NCC12CC(N3CC4CNCCN4C3=O)(C1)C2. The molecule has 6 nitrogen and oxygen atoms in total. The van der Waals surface area contributed by atoms with Gasteiger partial charge in [-0.05, 0) is 24.7 Å². The van der Waals surface area contributed by atoms with Gasteiger partial charge in [0.15, 0.2) is 0 Å². The fourth-order valence-corrected chi connectivity index (χ4v) is 4.74. The van der Waals surface area contributed by atoms with Crippen LogP contribution in [-0.4, -0.2) is 66.0 Å². The van der Waals surface area contributed by atoms with Gasteiger partial charge in [-0.25, -0.2) is 4.79 Å². The Balaban J connectivity index is 1.40. The number of hydrogen-bond donors (Lipinski definition) is 2. The molecule has 20 heavy (non-hydrogen) atoms. The number of piperazine rings is 1. The summed E-state index contributed by atoms with van der Waals surface area (Å²) >= 11 is 0. The van der Waals surface area contributed by atoms with Gasteiger partial charge < -0.3 is 20.4 Å². The van der Waals surface area contributed by atoms with Crippen LogP contribution in [0.15, 0.2) is 0 Å². The van der Waals surface area contributed by atoms with Crippen molar-refractivity contribution in [1.82, 2.24) is 20.4 Å². The number of carbonyl (C=O) groups excluding carboxylic acids is 2. The minimum absolute atomic E-state index is 0.0456. The molecular weight excluding hydrogens is 256 g/mol. The minimum Gasteiger partial charge on any atom is -0.356 e. The zero-order valence-electron chi connectivity index (χ0n) is 11.9. The topological polar surface area (TPSA) is 64.7 Å². The maximum Gasteiger partial charge on any atom is 0.320 e. The number of amides is 3. The van der Waals surface area contributed by atoms with Crippen LogP contribution >= 0.6 is 0 Å². The predicted molar refractivity (Wildman–Crippen MR) is 73.2 cm³/mol. The highest BCUT2D eigenvalue weighted by molar-refractivity contribution is 5.79. The van der Waals surface area contributed by atoms with Crippen LogP contribution in [0.4, 0.5) is 4.79 Å². The first kappa shape index (κ1) is 12.4. The quantitative estimate of drug-likeness (QED) is 0.748. The van der Waals surface area contributed by atoms with Gasteiger partial charge in [-0.2, -0.15) is 0 Å². The van der Waals surface area contributed by atoms with Crippen molar-refractivity contribution in [3.8, 4) is 0 Å². The van der Waals surface area contributed by atoms with E-state index in [1.165, 1.54) is 0 Å². The Morgan fingerprint density at radius 1 is 1.45 bits per heavy atom. The molecule has 110 valence electrons. The van der Waals surface area contributed by atoms with Crippen LogP contribution in [0, 0.1) is 5.41 Å². The molecule has 2 bridgehead atoms. The molecule has 5 aliphatic rings. The molecule has 2 saturated heterocycles. The first-order chi connectivity index (χ1) is 9.54. The summed E-state index contributed by atoms with van der Waals surface area (Å²) in [6, 6.07) is 0.598. The van der Waals surface area contributed by atoms with Gasteiger partial charge in [-0.3, -0.25) is 4.79 Å². The molecule has 5 fully saturated rings. The summed E-state index contributed by atoms with van der Waals surface area (Å²) in [6.07, 6.45) is 3.21. The van der Waals surface area contributed by atoms with Gasteiger partial charge in [-0.1, -0.05) is 0 Å². The van der Waals surface area contributed by atoms with Gasteiger partial charge in [0, 0.05) is 45.2 Å². The molecule has 0 spiro atoms. The van der Waals surface area contributed by atoms with E-state index in [0.717, 1.165) is 52.0 Å². The van der Waals surface area contributed by atoms with Gasteiger partial charge >= 0.3 is 6.03 Å². The van der Waals surface area contributed by atoms with Crippen molar-refractivity contribution in [3.05, 3.63) is 0 Å². The molecule has 3 amide bonds. The second-order valence-corrected chi connectivity index (χ2v) is 7.11. The molecule has 0 aromatic rings. The van der Waals surface area contributed by atoms with Crippen molar-refractivity contribution in [2.75, 3.05) is 32.7 Å². The lowest BCUT2D eigenvalue weighted by molar-refractivity contribution is -0.197. The number of urea groups is 1. The third-order valence-corrected chi connectivity index (χ3v) is 5.62. The smallest absolute Gasteiger partial charge is 0.320 e. The fraction of sp³-hybridized carbons (Fsp3) is 0.857. The highest BCUT2D eigenvalue weighted by Crippen LogP contribution is 2.70. The van der Waals surface area contributed by atoms with E-state index in [0.29, 0.717) is 6.04 Å². The van der Waals surface area contributed by atoms with Crippen molar-refractivity contribution in [2.24, 2.45) is 5.41 Å². The highest BCUT2D eigenvalue weighted by Gasteiger charge is 2.72. The molecule has 5 rings (SSSR count). The second kappa shape index (κ2) is 3.87. The van der Waals surface area contributed by atoms with Crippen LogP contribution in [0.5, 0.6) is 0 Å². The van der Waals surface area contributed by atoms with Crippen LogP contribution in [0.2, 0.25) is 0 Å². The van der Waals surface area contributed by atoms with E-state index in [1.807, 2.05) is 4.90 Å². The Hall–Kier alpha value is -1.30. The number of nitrogens with zero attached hydrogens (tertiary/aromatic N) is 2. The Kier molecular flexibility index (Phi) is 2.41. The van der Waals surface area contributed by atoms with E-state index < -0.39 is 0 Å². The number of rotatable bonds is 3. The molecule has 2 aliphatic heterocycles. The molecule has 3 saturated carbocycles. The van der Waals surface area contributed by atoms with Crippen LogP contribution in [0.1, 0.15) is 26.2 Å². The van der Waals surface area contributed by atoms with E-state index in [-0.39, 0.29) is 22.9 Å². The molecular formula is C14H22N4O2. The Morgan fingerprint density at radius 3 is 2.85 bits per heavy atom. The average Bonchev–Trinajstić information content (AvgIpc) is 2.64. The van der Waals surface area contributed by atoms with Crippen molar-refractivity contribution >= 4 is 11.9 Å². The normalized spacial score (nSPS) is 41.9. The predicted octanol–water partition coefficient (Wildman–Crippen LogP) is -0.245. The lowest BCUT2D eigenvalue weighted by Crippen LogP contribution is -2.77. The first-order valence-electron chi connectivity index (χ1n) is 7.57. The van der Waals surface area contributed by atoms with Gasteiger partial charge in [0.05, 0.1) is 6.04 Å². The first-order valence-corrected chi connectivity index (χ1v) is 7.57. The maximum absolute atomic E-state index is 12.5. The number of hydrogen-bond acceptors (Lipinski definition) is 3. The summed E-state index contributed by atoms with van der Waals surface area (Å²) in [4.78, 5) is 27.7. The number of carbonyl (C=O) groups is 2. The molecule has 3 aliphatic carbocycles. The number of nitrogens with one attached hydrogen (secondary N) is 2. The summed E-state index contributed by atoms with van der Waals surface area (Å²) in [5.41, 5.74) is 0.403.